The quantitative estimate of drug-likeness (QED) is 0.653. The monoisotopic (exact) mass is 230 g/mol. The molecule has 1 aromatic carbocycles. The van der Waals surface area contributed by atoms with E-state index in [1.54, 1.807) is 18.5 Å². The lowest BCUT2D eigenvalue weighted by atomic mass is 10.1. The Kier molecular flexibility index (Phi) is 1.94. The van der Waals surface area contributed by atoms with Crippen LogP contribution in [0.4, 0.5) is 0 Å². The molecule has 0 bridgehead atoms. The van der Waals surface area contributed by atoms with Gasteiger partial charge in [-0.05, 0) is 6.07 Å². The number of aldehydes is 1. The van der Waals surface area contributed by atoms with Crippen LogP contribution in [0, 0.1) is 0 Å². The maximum Gasteiger partial charge on any atom is 0.152 e. The Labute approximate surface area is 96.1 Å². The molecule has 0 saturated heterocycles. The van der Waals surface area contributed by atoms with E-state index in [2.05, 4.69) is 9.97 Å². The molecule has 16 heavy (non-hydrogen) atoms. The first kappa shape index (κ1) is 9.36. The lowest BCUT2D eigenvalue weighted by molar-refractivity contribution is 0.112. The normalized spacial score (nSPS) is 11.1. The number of aromatic amines is 1. The lowest BCUT2D eigenvalue weighted by Gasteiger charge is -2.01. The molecule has 1 N–H and O–H groups in total. The van der Waals surface area contributed by atoms with Crippen molar-refractivity contribution in [3.63, 3.8) is 0 Å². The van der Waals surface area contributed by atoms with Crippen LogP contribution in [-0.2, 0) is 0 Å². The fourth-order valence-electron chi connectivity index (χ4n) is 1.89. The van der Waals surface area contributed by atoms with Crippen LogP contribution in [0.1, 0.15) is 10.4 Å². The maximum atomic E-state index is 10.8. The third-order valence-corrected chi connectivity index (χ3v) is 2.99. The van der Waals surface area contributed by atoms with E-state index in [-0.39, 0.29) is 0 Å². The highest BCUT2D eigenvalue weighted by atomic mass is 35.5. The van der Waals surface area contributed by atoms with Crippen LogP contribution in [0.3, 0.4) is 0 Å². The smallest absolute Gasteiger partial charge is 0.152 e. The van der Waals surface area contributed by atoms with E-state index in [1.807, 2.05) is 12.1 Å². The number of benzene rings is 1. The molecule has 3 rings (SSSR count). The van der Waals surface area contributed by atoms with Crippen molar-refractivity contribution in [3.05, 3.63) is 41.2 Å². The number of nitrogens with zero attached hydrogens (tertiary/aromatic N) is 1. The predicted molar refractivity (Wildman–Crippen MR) is 64.0 cm³/mol. The highest BCUT2D eigenvalue weighted by Crippen LogP contribution is 2.28. The third-order valence-electron chi connectivity index (χ3n) is 2.66. The van der Waals surface area contributed by atoms with Gasteiger partial charge < -0.3 is 4.98 Å². The summed E-state index contributed by atoms with van der Waals surface area (Å²) in [6.07, 6.45) is 4.15. The fraction of sp³-hybridized carbons (Fsp3) is 0. The summed E-state index contributed by atoms with van der Waals surface area (Å²) < 4.78 is 0. The second-order valence-corrected chi connectivity index (χ2v) is 3.95. The Bertz CT molecular complexity index is 703. The topological polar surface area (TPSA) is 45.8 Å². The van der Waals surface area contributed by atoms with Crippen molar-refractivity contribution in [2.45, 2.75) is 0 Å². The third kappa shape index (κ3) is 1.15. The van der Waals surface area contributed by atoms with Crippen LogP contribution in [0.2, 0.25) is 5.02 Å². The van der Waals surface area contributed by atoms with E-state index in [1.165, 1.54) is 0 Å². The van der Waals surface area contributed by atoms with Crippen molar-refractivity contribution >= 4 is 39.7 Å². The summed E-state index contributed by atoms with van der Waals surface area (Å²) in [5.41, 5.74) is 2.24. The molecule has 3 nitrogen and oxygen atoms in total. The fourth-order valence-corrected chi connectivity index (χ4v) is 2.11. The maximum absolute atomic E-state index is 10.8. The van der Waals surface area contributed by atoms with Crippen LogP contribution in [0.15, 0.2) is 30.6 Å². The molecule has 0 aliphatic carbocycles. The number of nitrogens with one attached hydrogen (secondary N) is 1. The van der Waals surface area contributed by atoms with E-state index in [0.29, 0.717) is 10.6 Å². The molecule has 3 aromatic rings. The number of pyridine rings is 1. The van der Waals surface area contributed by atoms with Crippen molar-refractivity contribution in [1.29, 1.82) is 0 Å². The van der Waals surface area contributed by atoms with E-state index in [4.69, 9.17) is 11.6 Å². The Morgan fingerprint density at radius 2 is 2.06 bits per heavy atom. The van der Waals surface area contributed by atoms with Crippen molar-refractivity contribution in [2.75, 3.05) is 0 Å². The lowest BCUT2D eigenvalue weighted by Crippen LogP contribution is -1.82. The van der Waals surface area contributed by atoms with Gasteiger partial charge in [-0.1, -0.05) is 23.7 Å². The summed E-state index contributed by atoms with van der Waals surface area (Å²) in [7, 11) is 0. The average Bonchev–Trinajstić information content (AvgIpc) is 2.72. The molecule has 0 spiro atoms. The number of rotatable bonds is 1. The van der Waals surface area contributed by atoms with Crippen molar-refractivity contribution < 1.29 is 4.79 Å². The zero-order chi connectivity index (χ0) is 11.1. The first-order chi connectivity index (χ1) is 7.81. The molecule has 0 amide bonds. The summed E-state index contributed by atoms with van der Waals surface area (Å²) in [6.45, 7) is 0. The van der Waals surface area contributed by atoms with E-state index in [0.717, 1.165) is 28.1 Å². The summed E-state index contributed by atoms with van der Waals surface area (Å²) >= 11 is 6.08. The van der Waals surface area contributed by atoms with Gasteiger partial charge in [-0.2, -0.15) is 0 Å². The predicted octanol–water partition coefficient (Wildman–Crippen LogP) is 3.18. The highest BCUT2D eigenvalue weighted by Gasteiger charge is 2.08. The van der Waals surface area contributed by atoms with E-state index >= 15 is 0 Å². The number of halogens is 1. The Morgan fingerprint density at radius 1 is 1.25 bits per heavy atom. The molecule has 0 atom stereocenters. The summed E-state index contributed by atoms with van der Waals surface area (Å²) in [6, 6.07) is 5.55. The number of carbonyl (C=O) groups excluding carboxylic acids is 1. The van der Waals surface area contributed by atoms with E-state index in [9.17, 15) is 4.79 Å². The van der Waals surface area contributed by atoms with Crippen LogP contribution < -0.4 is 0 Å². The molecule has 2 heterocycles. The molecule has 0 aliphatic rings. The average molecular weight is 231 g/mol. The summed E-state index contributed by atoms with van der Waals surface area (Å²) in [5, 5.41) is 2.43. The van der Waals surface area contributed by atoms with Crippen LogP contribution in [-0.4, -0.2) is 16.3 Å². The SMILES string of the molecule is O=Cc1cnc2c1ccc1c(Cl)cc[nH]c12. The van der Waals surface area contributed by atoms with Gasteiger partial charge >= 0.3 is 0 Å². The van der Waals surface area contributed by atoms with E-state index < -0.39 is 0 Å². The van der Waals surface area contributed by atoms with Crippen molar-refractivity contribution in [2.24, 2.45) is 0 Å². The van der Waals surface area contributed by atoms with Gasteiger partial charge in [0.15, 0.2) is 6.29 Å². The Morgan fingerprint density at radius 3 is 2.88 bits per heavy atom. The second-order valence-electron chi connectivity index (χ2n) is 3.54. The van der Waals surface area contributed by atoms with Gasteiger partial charge in [0.2, 0.25) is 0 Å². The van der Waals surface area contributed by atoms with Gasteiger partial charge in [0.1, 0.15) is 0 Å². The standard InChI is InChI=1S/C12H7ClN2O/c13-10-3-4-14-12-9(10)2-1-8-7(6-16)5-15-11(8)12/h1-6,14H. The molecular formula is C12H7ClN2O. The number of hydrogen-bond donors (Lipinski definition) is 1. The van der Waals surface area contributed by atoms with Crippen molar-refractivity contribution in [1.82, 2.24) is 9.97 Å². The molecule has 0 fully saturated rings. The minimum absolute atomic E-state index is 0.602. The minimum Gasteiger partial charge on any atom is -0.359 e. The molecule has 0 aliphatic heterocycles. The van der Waals surface area contributed by atoms with Gasteiger partial charge in [-0.15, -0.1) is 0 Å². The molecule has 4 heteroatoms. The van der Waals surface area contributed by atoms with Crippen molar-refractivity contribution in [3.8, 4) is 0 Å². The van der Waals surface area contributed by atoms with Gasteiger partial charge in [0.25, 0.3) is 0 Å². The second kappa shape index (κ2) is 3.32. The van der Waals surface area contributed by atoms with Crippen LogP contribution in [0.25, 0.3) is 21.8 Å². The molecule has 78 valence electrons. The molecule has 0 unspecified atom stereocenters. The number of aromatic nitrogens is 2. The zero-order valence-corrected chi connectivity index (χ0v) is 8.95. The number of carbonyl (C=O) groups is 1. The molecule has 0 radical (unpaired) electrons. The highest BCUT2D eigenvalue weighted by molar-refractivity contribution is 6.36. The summed E-state index contributed by atoms with van der Waals surface area (Å²) in [5.74, 6) is 0. The van der Waals surface area contributed by atoms with Gasteiger partial charge in [0, 0.05) is 28.7 Å². The Balaban J connectivity index is 2.55. The van der Waals surface area contributed by atoms with Gasteiger partial charge in [-0.25, -0.2) is 0 Å². The summed E-state index contributed by atoms with van der Waals surface area (Å²) in [4.78, 5) is 18.2. The zero-order valence-electron chi connectivity index (χ0n) is 8.20. The first-order valence-electron chi connectivity index (χ1n) is 4.81. The number of H-pyrrole nitrogens is 1. The van der Waals surface area contributed by atoms with Gasteiger partial charge in [0.05, 0.1) is 16.1 Å². The molecule has 2 aromatic heterocycles. The Hall–Kier alpha value is -1.87. The van der Waals surface area contributed by atoms with Crippen LogP contribution in [0.5, 0.6) is 0 Å². The molecular weight excluding hydrogens is 224 g/mol. The molecule has 0 saturated carbocycles. The van der Waals surface area contributed by atoms with Gasteiger partial charge in [-0.3, -0.25) is 9.78 Å². The number of hydrogen-bond acceptors (Lipinski definition) is 2. The number of fused-ring (bicyclic) bond motifs is 3. The van der Waals surface area contributed by atoms with Crippen LogP contribution >= 0.6 is 11.6 Å². The largest absolute Gasteiger partial charge is 0.359 e. The minimum atomic E-state index is 0.602. The first-order valence-corrected chi connectivity index (χ1v) is 5.18.